The second-order valence-corrected chi connectivity index (χ2v) is 3.33. The first-order chi connectivity index (χ1) is 6.70. The van der Waals surface area contributed by atoms with Crippen LogP contribution in [0.25, 0.3) is 0 Å². The van der Waals surface area contributed by atoms with Gasteiger partial charge in [0.15, 0.2) is 0 Å². The number of carbonyl (C=O) groups excluding carboxylic acids is 1. The largest absolute Gasteiger partial charge is 0.354 e. The van der Waals surface area contributed by atoms with Crippen molar-refractivity contribution >= 4 is 5.91 Å². The molecule has 0 spiro atoms. The summed E-state index contributed by atoms with van der Waals surface area (Å²) in [5, 5.41) is 6.01. The fourth-order valence-electron chi connectivity index (χ4n) is 0.937. The van der Waals surface area contributed by atoms with E-state index in [0.29, 0.717) is 19.4 Å². The Kier molecular flexibility index (Phi) is 7.96. The highest BCUT2D eigenvalue weighted by atomic mass is 16.1. The minimum Gasteiger partial charge on any atom is -0.354 e. The third kappa shape index (κ3) is 7.63. The minimum absolute atomic E-state index is 0.104. The van der Waals surface area contributed by atoms with Gasteiger partial charge in [0, 0.05) is 32.0 Å². The highest BCUT2D eigenvalue weighted by molar-refractivity contribution is 5.76. The SMILES string of the molecule is C#CCCNCCC(=O)NC(C)CC. The van der Waals surface area contributed by atoms with Crippen molar-refractivity contribution < 1.29 is 4.79 Å². The molecular formula is C11H20N2O. The zero-order valence-electron chi connectivity index (χ0n) is 9.10. The fraction of sp³-hybridized carbons (Fsp3) is 0.727. The van der Waals surface area contributed by atoms with Crippen LogP contribution in [0.1, 0.15) is 33.1 Å². The smallest absolute Gasteiger partial charge is 0.221 e. The zero-order valence-corrected chi connectivity index (χ0v) is 9.10. The lowest BCUT2D eigenvalue weighted by Crippen LogP contribution is -2.34. The highest BCUT2D eigenvalue weighted by Gasteiger charge is 2.03. The summed E-state index contributed by atoms with van der Waals surface area (Å²) in [6.07, 6.45) is 7.29. The summed E-state index contributed by atoms with van der Waals surface area (Å²) in [4.78, 5) is 11.3. The molecule has 0 aliphatic heterocycles. The monoisotopic (exact) mass is 196 g/mol. The van der Waals surface area contributed by atoms with Crippen LogP contribution >= 0.6 is 0 Å². The predicted octanol–water partition coefficient (Wildman–Crippen LogP) is 0.904. The molecule has 1 unspecified atom stereocenters. The van der Waals surface area contributed by atoms with Gasteiger partial charge in [0.05, 0.1) is 0 Å². The molecule has 0 aliphatic rings. The molecule has 0 fully saturated rings. The van der Waals surface area contributed by atoms with Crippen LogP contribution in [0, 0.1) is 12.3 Å². The van der Waals surface area contributed by atoms with Gasteiger partial charge in [-0.05, 0) is 13.3 Å². The van der Waals surface area contributed by atoms with E-state index in [2.05, 4.69) is 23.5 Å². The molecule has 0 radical (unpaired) electrons. The average Bonchev–Trinajstić information content (AvgIpc) is 2.17. The van der Waals surface area contributed by atoms with Crippen LogP contribution in [0.2, 0.25) is 0 Å². The summed E-state index contributed by atoms with van der Waals surface area (Å²) < 4.78 is 0. The van der Waals surface area contributed by atoms with Gasteiger partial charge in [0.2, 0.25) is 5.91 Å². The van der Waals surface area contributed by atoms with E-state index < -0.39 is 0 Å². The highest BCUT2D eigenvalue weighted by Crippen LogP contribution is 1.88. The Balaban J connectivity index is 3.32. The zero-order chi connectivity index (χ0) is 10.8. The normalized spacial score (nSPS) is 11.8. The summed E-state index contributed by atoms with van der Waals surface area (Å²) in [6, 6.07) is 0.271. The third-order valence-electron chi connectivity index (χ3n) is 1.99. The molecule has 14 heavy (non-hydrogen) atoms. The van der Waals surface area contributed by atoms with E-state index >= 15 is 0 Å². The number of hydrogen-bond acceptors (Lipinski definition) is 2. The molecule has 0 aromatic heterocycles. The molecule has 0 bridgehead atoms. The Morgan fingerprint density at radius 3 is 2.79 bits per heavy atom. The quantitative estimate of drug-likeness (QED) is 0.469. The van der Waals surface area contributed by atoms with E-state index in [1.54, 1.807) is 0 Å². The van der Waals surface area contributed by atoms with E-state index in [1.165, 1.54) is 0 Å². The maximum Gasteiger partial charge on any atom is 0.221 e. The van der Waals surface area contributed by atoms with Crippen LogP contribution in [0.15, 0.2) is 0 Å². The van der Waals surface area contributed by atoms with Gasteiger partial charge in [-0.1, -0.05) is 6.92 Å². The molecule has 0 aliphatic carbocycles. The van der Waals surface area contributed by atoms with Crippen LogP contribution in [-0.2, 0) is 4.79 Å². The van der Waals surface area contributed by atoms with E-state index in [1.807, 2.05) is 6.92 Å². The Bertz CT molecular complexity index is 196. The Hall–Kier alpha value is -1.01. The molecule has 2 N–H and O–H groups in total. The molecular weight excluding hydrogens is 176 g/mol. The molecule has 80 valence electrons. The predicted molar refractivity (Wildman–Crippen MR) is 58.8 cm³/mol. The number of amides is 1. The Morgan fingerprint density at radius 2 is 2.21 bits per heavy atom. The maximum absolute atomic E-state index is 11.3. The molecule has 3 nitrogen and oxygen atoms in total. The molecule has 1 atom stereocenters. The summed E-state index contributed by atoms with van der Waals surface area (Å²) in [6.45, 7) is 5.54. The van der Waals surface area contributed by atoms with E-state index in [0.717, 1.165) is 13.0 Å². The van der Waals surface area contributed by atoms with Gasteiger partial charge in [0.25, 0.3) is 0 Å². The minimum atomic E-state index is 0.104. The lowest BCUT2D eigenvalue weighted by molar-refractivity contribution is -0.121. The van der Waals surface area contributed by atoms with Crippen LogP contribution in [0.5, 0.6) is 0 Å². The van der Waals surface area contributed by atoms with Gasteiger partial charge in [-0.25, -0.2) is 0 Å². The second kappa shape index (κ2) is 8.58. The number of hydrogen-bond donors (Lipinski definition) is 2. The fourth-order valence-corrected chi connectivity index (χ4v) is 0.937. The number of nitrogens with one attached hydrogen (secondary N) is 2. The van der Waals surface area contributed by atoms with E-state index in [-0.39, 0.29) is 11.9 Å². The van der Waals surface area contributed by atoms with Crippen LogP contribution < -0.4 is 10.6 Å². The van der Waals surface area contributed by atoms with Gasteiger partial charge in [-0.3, -0.25) is 4.79 Å². The van der Waals surface area contributed by atoms with Crippen LogP contribution in [0.4, 0.5) is 0 Å². The van der Waals surface area contributed by atoms with Gasteiger partial charge in [-0.2, -0.15) is 0 Å². The molecule has 0 saturated heterocycles. The van der Waals surface area contributed by atoms with Crippen molar-refractivity contribution in [2.45, 2.75) is 39.2 Å². The summed E-state index contributed by atoms with van der Waals surface area (Å²) in [5.41, 5.74) is 0. The molecule has 0 heterocycles. The van der Waals surface area contributed by atoms with Gasteiger partial charge in [0.1, 0.15) is 0 Å². The van der Waals surface area contributed by atoms with Crippen molar-refractivity contribution in [2.75, 3.05) is 13.1 Å². The standard InChI is InChI=1S/C11H20N2O/c1-4-6-8-12-9-7-11(14)13-10(3)5-2/h1,10,12H,5-9H2,2-3H3,(H,13,14). The number of carbonyl (C=O) groups is 1. The van der Waals surface area contributed by atoms with Crippen LogP contribution in [0.3, 0.4) is 0 Å². The first-order valence-corrected chi connectivity index (χ1v) is 5.14. The van der Waals surface area contributed by atoms with Crippen molar-refractivity contribution in [1.82, 2.24) is 10.6 Å². The van der Waals surface area contributed by atoms with Crippen molar-refractivity contribution in [3.8, 4) is 12.3 Å². The Labute approximate surface area is 86.6 Å². The van der Waals surface area contributed by atoms with Crippen molar-refractivity contribution in [2.24, 2.45) is 0 Å². The molecule has 3 heteroatoms. The van der Waals surface area contributed by atoms with Crippen molar-refractivity contribution in [3.63, 3.8) is 0 Å². The summed E-state index contributed by atoms with van der Waals surface area (Å²) in [5.74, 6) is 2.64. The molecule has 0 rings (SSSR count). The maximum atomic E-state index is 11.3. The first kappa shape index (κ1) is 13.0. The molecule has 0 aromatic rings. The van der Waals surface area contributed by atoms with E-state index in [4.69, 9.17) is 6.42 Å². The second-order valence-electron chi connectivity index (χ2n) is 3.33. The van der Waals surface area contributed by atoms with Crippen molar-refractivity contribution in [1.29, 1.82) is 0 Å². The number of rotatable bonds is 7. The summed E-state index contributed by atoms with van der Waals surface area (Å²) >= 11 is 0. The topological polar surface area (TPSA) is 41.1 Å². The van der Waals surface area contributed by atoms with Gasteiger partial charge >= 0.3 is 0 Å². The molecule has 0 aromatic carbocycles. The van der Waals surface area contributed by atoms with Crippen LogP contribution in [-0.4, -0.2) is 25.0 Å². The van der Waals surface area contributed by atoms with E-state index in [9.17, 15) is 4.79 Å². The molecule has 1 amide bonds. The Morgan fingerprint density at radius 1 is 1.50 bits per heavy atom. The van der Waals surface area contributed by atoms with Gasteiger partial charge < -0.3 is 10.6 Å². The summed E-state index contributed by atoms with van der Waals surface area (Å²) in [7, 11) is 0. The lowest BCUT2D eigenvalue weighted by Gasteiger charge is -2.11. The molecule has 0 saturated carbocycles. The number of terminal acetylenes is 1. The first-order valence-electron chi connectivity index (χ1n) is 5.14. The third-order valence-corrected chi connectivity index (χ3v) is 1.99. The van der Waals surface area contributed by atoms with Gasteiger partial charge in [-0.15, -0.1) is 12.3 Å². The average molecular weight is 196 g/mol. The van der Waals surface area contributed by atoms with Crippen molar-refractivity contribution in [3.05, 3.63) is 0 Å². The lowest BCUT2D eigenvalue weighted by atomic mass is 10.2.